The third-order valence-electron chi connectivity index (χ3n) is 4.08. The minimum atomic E-state index is -0.301. The van der Waals surface area contributed by atoms with E-state index >= 15 is 0 Å². The van der Waals surface area contributed by atoms with Crippen LogP contribution >= 0.6 is 11.8 Å². The first-order valence-electron chi connectivity index (χ1n) is 8.07. The molecule has 1 rings (SSSR count). The highest BCUT2D eigenvalue weighted by Gasteiger charge is 2.30. The summed E-state index contributed by atoms with van der Waals surface area (Å²) in [6, 6.07) is 0. The first kappa shape index (κ1) is 16.4. The van der Waals surface area contributed by atoms with Crippen molar-refractivity contribution in [3.05, 3.63) is 0 Å². The van der Waals surface area contributed by atoms with Gasteiger partial charge in [0, 0.05) is 5.75 Å². The van der Waals surface area contributed by atoms with E-state index in [1.807, 2.05) is 11.8 Å². The molecular weight excluding hydrogens is 240 g/mol. The highest BCUT2D eigenvalue weighted by atomic mass is 32.2. The van der Waals surface area contributed by atoms with Gasteiger partial charge in [0.1, 0.15) is 0 Å². The van der Waals surface area contributed by atoms with Crippen LogP contribution in [0, 0.1) is 0 Å². The standard InChI is InChI=1S/C16H32OS/c1-2-3-4-5-6-7-8-9-10-11-12-16(17)13-14-18-15-16/h17H,2-15H2,1H3. The lowest BCUT2D eigenvalue weighted by molar-refractivity contribution is 0.0561. The van der Waals surface area contributed by atoms with Crippen molar-refractivity contribution in [1.29, 1.82) is 0 Å². The number of hydrogen-bond donors (Lipinski definition) is 1. The second kappa shape index (κ2) is 10.1. The van der Waals surface area contributed by atoms with Crippen LogP contribution in [0.4, 0.5) is 0 Å². The molecular formula is C16H32OS. The van der Waals surface area contributed by atoms with Gasteiger partial charge in [-0.1, -0.05) is 71.1 Å². The van der Waals surface area contributed by atoms with E-state index in [0.29, 0.717) is 0 Å². The average molecular weight is 272 g/mol. The molecule has 1 aliphatic heterocycles. The topological polar surface area (TPSA) is 20.2 Å². The molecule has 0 aromatic heterocycles. The molecule has 0 aromatic carbocycles. The molecule has 18 heavy (non-hydrogen) atoms. The Hall–Kier alpha value is 0.310. The Kier molecular flexibility index (Phi) is 9.22. The third kappa shape index (κ3) is 7.68. The maximum Gasteiger partial charge on any atom is 0.0745 e. The van der Waals surface area contributed by atoms with Crippen molar-refractivity contribution in [2.45, 2.75) is 89.6 Å². The third-order valence-corrected chi connectivity index (χ3v) is 5.31. The molecule has 2 heteroatoms. The second-order valence-corrected chi connectivity index (χ2v) is 7.06. The fourth-order valence-electron chi connectivity index (χ4n) is 2.74. The van der Waals surface area contributed by atoms with Crippen LogP contribution in [0.1, 0.15) is 84.0 Å². The van der Waals surface area contributed by atoms with Crippen LogP contribution in [0.25, 0.3) is 0 Å². The van der Waals surface area contributed by atoms with Crippen LogP contribution in [0.3, 0.4) is 0 Å². The Morgan fingerprint density at radius 3 is 1.94 bits per heavy atom. The highest BCUT2D eigenvalue weighted by Crippen LogP contribution is 2.32. The van der Waals surface area contributed by atoms with Crippen molar-refractivity contribution in [2.75, 3.05) is 11.5 Å². The van der Waals surface area contributed by atoms with Gasteiger partial charge in [0.2, 0.25) is 0 Å². The summed E-state index contributed by atoms with van der Waals surface area (Å²) < 4.78 is 0. The molecule has 1 saturated heterocycles. The van der Waals surface area contributed by atoms with Crippen LogP contribution in [0.2, 0.25) is 0 Å². The molecule has 0 bridgehead atoms. The van der Waals surface area contributed by atoms with Crippen molar-refractivity contribution < 1.29 is 5.11 Å². The first-order chi connectivity index (χ1) is 8.77. The quantitative estimate of drug-likeness (QED) is 0.524. The molecule has 1 unspecified atom stereocenters. The minimum absolute atomic E-state index is 0.301. The van der Waals surface area contributed by atoms with Gasteiger partial charge in [-0.25, -0.2) is 0 Å². The molecule has 1 heterocycles. The van der Waals surface area contributed by atoms with E-state index in [4.69, 9.17) is 0 Å². The molecule has 1 N–H and O–H groups in total. The van der Waals surface area contributed by atoms with Gasteiger partial charge in [-0.15, -0.1) is 0 Å². The molecule has 0 aromatic rings. The van der Waals surface area contributed by atoms with E-state index in [-0.39, 0.29) is 5.60 Å². The molecule has 1 atom stereocenters. The van der Waals surface area contributed by atoms with E-state index in [0.717, 1.165) is 24.3 Å². The van der Waals surface area contributed by atoms with Gasteiger partial charge in [-0.05, 0) is 18.6 Å². The number of aliphatic hydroxyl groups is 1. The monoisotopic (exact) mass is 272 g/mol. The van der Waals surface area contributed by atoms with Crippen LogP contribution in [0.5, 0.6) is 0 Å². The average Bonchev–Trinajstić information content (AvgIpc) is 2.79. The Bertz CT molecular complexity index is 188. The summed E-state index contributed by atoms with van der Waals surface area (Å²) in [6.45, 7) is 2.27. The SMILES string of the molecule is CCCCCCCCCCCCC1(O)CCSC1. The number of rotatable bonds is 11. The summed E-state index contributed by atoms with van der Waals surface area (Å²) in [5, 5.41) is 10.2. The smallest absolute Gasteiger partial charge is 0.0745 e. The fraction of sp³-hybridized carbons (Fsp3) is 1.00. The number of unbranched alkanes of at least 4 members (excludes halogenated alkanes) is 9. The maximum atomic E-state index is 10.2. The molecule has 1 nitrogen and oxygen atoms in total. The van der Waals surface area contributed by atoms with Crippen LogP contribution in [0.15, 0.2) is 0 Å². The van der Waals surface area contributed by atoms with E-state index in [9.17, 15) is 5.11 Å². The van der Waals surface area contributed by atoms with Gasteiger partial charge >= 0.3 is 0 Å². The predicted molar refractivity (Wildman–Crippen MR) is 83.4 cm³/mol. The summed E-state index contributed by atoms with van der Waals surface area (Å²) in [5.74, 6) is 2.14. The summed E-state index contributed by atoms with van der Waals surface area (Å²) >= 11 is 1.91. The molecule has 0 saturated carbocycles. The zero-order valence-corrected chi connectivity index (χ0v) is 13.1. The van der Waals surface area contributed by atoms with Crippen molar-refractivity contribution >= 4 is 11.8 Å². The van der Waals surface area contributed by atoms with Gasteiger partial charge in [0.25, 0.3) is 0 Å². The zero-order chi connectivity index (χ0) is 13.1. The Labute approximate surface area is 118 Å². The van der Waals surface area contributed by atoms with E-state index < -0.39 is 0 Å². The van der Waals surface area contributed by atoms with E-state index in [2.05, 4.69) is 6.92 Å². The van der Waals surface area contributed by atoms with E-state index in [1.54, 1.807) is 0 Å². The van der Waals surface area contributed by atoms with Crippen molar-refractivity contribution in [1.82, 2.24) is 0 Å². The van der Waals surface area contributed by atoms with Gasteiger partial charge < -0.3 is 5.11 Å². The fourth-order valence-corrected chi connectivity index (χ4v) is 4.07. The lowest BCUT2D eigenvalue weighted by Gasteiger charge is -2.20. The summed E-state index contributed by atoms with van der Waals surface area (Å²) in [5.41, 5.74) is -0.301. The van der Waals surface area contributed by atoms with Crippen LogP contribution < -0.4 is 0 Å². The highest BCUT2D eigenvalue weighted by molar-refractivity contribution is 7.99. The summed E-state index contributed by atoms with van der Waals surface area (Å²) in [6.07, 6.45) is 15.9. The molecule has 0 spiro atoms. The molecule has 0 amide bonds. The van der Waals surface area contributed by atoms with Crippen LogP contribution in [-0.4, -0.2) is 22.2 Å². The van der Waals surface area contributed by atoms with Gasteiger partial charge in [0.15, 0.2) is 0 Å². The lowest BCUT2D eigenvalue weighted by Crippen LogP contribution is -2.27. The molecule has 1 aliphatic rings. The normalized spacial score (nSPS) is 23.7. The predicted octanol–water partition coefficient (Wildman–Crippen LogP) is 5.17. The molecule has 1 fully saturated rings. The Balaban J connectivity index is 1.78. The van der Waals surface area contributed by atoms with Gasteiger partial charge in [-0.3, -0.25) is 0 Å². The Morgan fingerprint density at radius 2 is 1.44 bits per heavy atom. The molecule has 0 radical (unpaired) electrons. The summed E-state index contributed by atoms with van der Waals surface area (Å²) in [7, 11) is 0. The maximum absolute atomic E-state index is 10.2. The van der Waals surface area contributed by atoms with Gasteiger partial charge in [0.05, 0.1) is 5.60 Å². The van der Waals surface area contributed by atoms with Crippen molar-refractivity contribution in [2.24, 2.45) is 0 Å². The van der Waals surface area contributed by atoms with Crippen molar-refractivity contribution in [3.8, 4) is 0 Å². The second-order valence-electron chi connectivity index (χ2n) is 5.96. The first-order valence-corrected chi connectivity index (χ1v) is 9.22. The molecule has 0 aliphatic carbocycles. The van der Waals surface area contributed by atoms with Crippen molar-refractivity contribution in [3.63, 3.8) is 0 Å². The van der Waals surface area contributed by atoms with Crippen LogP contribution in [-0.2, 0) is 0 Å². The minimum Gasteiger partial charge on any atom is -0.389 e. The molecule has 108 valence electrons. The number of hydrogen-bond acceptors (Lipinski definition) is 2. The lowest BCUT2D eigenvalue weighted by atomic mass is 9.95. The summed E-state index contributed by atoms with van der Waals surface area (Å²) in [4.78, 5) is 0. The number of thioether (sulfide) groups is 1. The van der Waals surface area contributed by atoms with Gasteiger partial charge in [-0.2, -0.15) is 11.8 Å². The largest absolute Gasteiger partial charge is 0.389 e. The Morgan fingerprint density at radius 1 is 0.889 bits per heavy atom. The zero-order valence-electron chi connectivity index (χ0n) is 12.3. The van der Waals surface area contributed by atoms with E-state index in [1.165, 1.54) is 64.2 Å².